The number of ether oxygens (including phenoxy) is 1. The highest BCUT2D eigenvalue weighted by Gasteiger charge is 2.11. The summed E-state index contributed by atoms with van der Waals surface area (Å²) in [6, 6.07) is 0. The standard InChI is InChI=1S/C17H34O3/c1-3-5-7-8-9-10-12-16(13-14-17(18)19)20-15-11-6-4-2/h16H,3-15H2,1-2H3,(H,18,19). The largest absolute Gasteiger partial charge is 0.481 e. The second-order valence-corrected chi connectivity index (χ2v) is 5.69. The van der Waals surface area contributed by atoms with Gasteiger partial charge in [0.05, 0.1) is 6.10 Å². The summed E-state index contributed by atoms with van der Waals surface area (Å²) in [5.74, 6) is -0.713. The van der Waals surface area contributed by atoms with Gasteiger partial charge in [-0.05, 0) is 19.3 Å². The van der Waals surface area contributed by atoms with Crippen LogP contribution in [0.1, 0.15) is 90.9 Å². The van der Waals surface area contributed by atoms with Crippen molar-refractivity contribution >= 4 is 5.97 Å². The van der Waals surface area contributed by atoms with E-state index >= 15 is 0 Å². The molecule has 0 radical (unpaired) electrons. The fourth-order valence-corrected chi connectivity index (χ4v) is 2.35. The van der Waals surface area contributed by atoms with Gasteiger partial charge in [-0.3, -0.25) is 4.79 Å². The topological polar surface area (TPSA) is 46.5 Å². The predicted octanol–water partition coefficient (Wildman–Crippen LogP) is 5.18. The number of carbonyl (C=O) groups is 1. The second-order valence-electron chi connectivity index (χ2n) is 5.69. The first-order valence-electron chi connectivity index (χ1n) is 8.54. The van der Waals surface area contributed by atoms with Crippen LogP contribution in [0.3, 0.4) is 0 Å². The first-order chi connectivity index (χ1) is 9.70. The zero-order valence-electron chi connectivity index (χ0n) is 13.5. The van der Waals surface area contributed by atoms with Crippen LogP contribution >= 0.6 is 0 Å². The normalized spacial score (nSPS) is 12.5. The number of hydrogen-bond donors (Lipinski definition) is 1. The van der Waals surface area contributed by atoms with Crippen LogP contribution in [0.4, 0.5) is 0 Å². The first-order valence-corrected chi connectivity index (χ1v) is 8.54. The van der Waals surface area contributed by atoms with Crippen LogP contribution in [0, 0.1) is 0 Å². The van der Waals surface area contributed by atoms with Crippen molar-refractivity contribution in [3.05, 3.63) is 0 Å². The van der Waals surface area contributed by atoms with Crippen LogP contribution in [-0.4, -0.2) is 23.8 Å². The molecule has 0 saturated carbocycles. The van der Waals surface area contributed by atoms with Crippen LogP contribution in [0.5, 0.6) is 0 Å². The maximum Gasteiger partial charge on any atom is 0.303 e. The van der Waals surface area contributed by atoms with Gasteiger partial charge in [0.15, 0.2) is 0 Å². The van der Waals surface area contributed by atoms with Crippen LogP contribution in [-0.2, 0) is 9.53 Å². The van der Waals surface area contributed by atoms with Crippen molar-refractivity contribution in [3.8, 4) is 0 Å². The quantitative estimate of drug-likeness (QED) is 0.422. The van der Waals surface area contributed by atoms with Crippen LogP contribution in [0.25, 0.3) is 0 Å². The van der Waals surface area contributed by atoms with Crippen molar-refractivity contribution in [3.63, 3.8) is 0 Å². The third kappa shape index (κ3) is 13.9. The molecule has 1 N–H and O–H groups in total. The molecule has 0 heterocycles. The average Bonchev–Trinajstić information content (AvgIpc) is 2.43. The molecule has 0 bridgehead atoms. The predicted molar refractivity (Wildman–Crippen MR) is 84.1 cm³/mol. The molecule has 120 valence electrons. The van der Waals surface area contributed by atoms with Crippen LogP contribution < -0.4 is 0 Å². The van der Waals surface area contributed by atoms with Crippen molar-refractivity contribution in [1.82, 2.24) is 0 Å². The Hall–Kier alpha value is -0.570. The highest BCUT2D eigenvalue weighted by molar-refractivity contribution is 5.66. The maximum absolute atomic E-state index is 10.7. The maximum atomic E-state index is 10.7. The molecular formula is C17H34O3. The summed E-state index contributed by atoms with van der Waals surface area (Å²) in [5, 5.41) is 8.79. The molecule has 0 aromatic rings. The summed E-state index contributed by atoms with van der Waals surface area (Å²) in [4.78, 5) is 10.7. The molecule has 0 rings (SSSR count). The number of unbranched alkanes of at least 4 members (excludes halogenated alkanes) is 7. The highest BCUT2D eigenvalue weighted by Crippen LogP contribution is 2.15. The van der Waals surface area contributed by atoms with E-state index in [1.54, 1.807) is 0 Å². The van der Waals surface area contributed by atoms with Crippen molar-refractivity contribution in [2.24, 2.45) is 0 Å². The molecular weight excluding hydrogens is 252 g/mol. The molecule has 20 heavy (non-hydrogen) atoms. The number of hydrogen-bond acceptors (Lipinski definition) is 2. The fraction of sp³-hybridized carbons (Fsp3) is 0.941. The fourth-order valence-electron chi connectivity index (χ4n) is 2.35. The van der Waals surface area contributed by atoms with Gasteiger partial charge in [0.2, 0.25) is 0 Å². The Balaban J connectivity index is 3.71. The molecule has 0 aliphatic heterocycles. The molecule has 0 saturated heterocycles. The van der Waals surface area contributed by atoms with E-state index in [0.717, 1.165) is 19.4 Å². The Morgan fingerprint density at radius 3 is 2.15 bits per heavy atom. The lowest BCUT2D eigenvalue weighted by molar-refractivity contribution is -0.137. The third-order valence-electron chi connectivity index (χ3n) is 3.66. The van der Waals surface area contributed by atoms with E-state index in [9.17, 15) is 4.79 Å². The van der Waals surface area contributed by atoms with E-state index in [1.165, 1.54) is 51.4 Å². The molecule has 0 aliphatic rings. The Bertz CT molecular complexity index is 216. The van der Waals surface area contributed by atoms with E-state index in [2.05, 4.69) is 13.8 Å². The zero-order valence-corrected chi connectivity index (χ0v) is 13.5. The van der Waals surface area contributed by atoms with Crippen LogP contribution in [0.2, 0.25) is 0 Å². The summed E-state index contributed by atoms with van der Waals surface area (Å²) in [7, 11) is 0. The minimum Gasteiger partial charge on any atom is -0.481 e. The van der Waals surface area contributed by atoms with Crippen LogP contribution in [0.15, 0.2) is 0 Å². The van der Waals surface area contributed by atoms with E-state index in [-0.39, 0.29) is 12.5 Å². The molecule has 1 unspecified atom stereocenters. The molecule has 3 nitrogen and oxygen atoms in total. The van der Waals surface area contributed by atoms with Gasteiger partial charge in [-0.15, -0.1) is 0 Å². The lowest BCUT2D eigenvalue weighted by atomic mass is 10.0. The van der Waals surface area contributed by atoms with Gasteiger partial charge < -0.3 is 9.84 Å². The van der Waals surface area contributed by atoms with Crippen molar-refractivity contribution in [2.75, 3.05) is 6.61 Å². The molecule has 0 aliphatic carbocycles. The molecule has 0 amide bonds. The van der Waals surface area contributed by atoms with Gasteiger partial charge >= 0.3 is 5.97 Å². The van der Waals surface area contributed by atoms with E-state index in [1.807, 2.05) is 0 Å². The van der Waals surface area contributed by atoms with Gasteiger partial charge in [0.1, 0.15) is 0 Å². The van der Waals surface area contributed by atoms with Gasteiger partial charge in [0, 0.05) is 13.0 Å². The Labute approximate surface area is 125 Å². The summed E-state index contributed by atoms with van der Waals surface area (Å²) >= 11 is 0. The molecule has 1 atom stereocenters. The third-order valence-corrected chi connectivity index (χ3v) is 3.66. The van der Waals surface area contributed by atoms with Gasteiger partial charge in [-0.25, -0.2) is 0 Å². The van der Waals surface area contributed by atoms with E-state index in [0.29, 0.717) is 6.42 Å². The summed E-state index contributed by atoms with van der Waals surface area (Å²) in [6.07, 6.45) is 13.2. The highest BCUT2D eigenvalue weighted by atomic mass is 16.5. The first kappa shape index (κ1) is 19.4. The summed E-state index contributed by atoms with van der Waals surface area (Å²) < 4.78 is 5.86. The summed E-state index contributed by atoms with van der Waals surface area (Å²) in [6.45, 7) is 5.19. The van der Waals surface area contributed by atoms with E-state index < -0.39 is 5.97 Å². The van der Waals surface area contributed by atoms with Gasteiger partial charge in [-0.2, -0.15) is 0 Å². The zero-order chi connectivity index (χ0) is 15.1. The average molecular weight is 286 g/mol. The Kier molecular flexibility index (Phi) is 14.4. The smallest absolute Gasteiger partial charge is 0.303 e. The van der Waals surface area contributed by atoms with Crippen molar-refractivity contribution < 1.29 is 14.6 Å². The SMILES string of the molecule is CCCCCCCCC(CCC(=O)O)OCCCCC. The number of rotatable bonds is 15. The Morgan fingerprint density at radius 2 is 1.50 bits per heavy atom. The monoisotopic (exact) mass is 286 g/mol. The number of carboxylic acids is 1. The molecule has 0 spiro atoms. The second kappa shape index (κ2) is 14.8. The number of aliphatic carboxylic acids is 1. The molecule has 0 fully saturated rings. The number of carboxylic acid groups (broad SMARTS) is 1. The lowest BCUT2D eigenvalue weighted by Gasteiger charge is -2.17. The Morgan fingerprint density at radius 1 is 0.900 bits per heavy atom. The van der Waals surface area contributed by atoms with Gasteiger partial charge in [0.25, 0.3) is 0 Å². The lowest BCUT2D eigenvalue weighted by Crippen LogP contribution is -2.15. The molecule has 0 aromatic heterocycles. The van der Waals surface area contributed by atoms with Crippen molar-refractivity contribution in [2.45, 2.75) is 97.0 Å². The molecule has 3 heteroatoms. The van der Waals surface area contributed by atoms with Gasteiger partial charge in [-0.1, -0.05) is 65.2 Å². The minimum atomic E-state index is -0.713. The minimum absolute atomic E-state index is 0.147. The molecule has 0 aromatic carbocycles. The summed E-state index contributed by atoms with van der Waals surface area (Å²) in [5.41, 5.74) is 0. The van der Waals surface area contributed by atoms with E-state index in [4.69, 9.17) is 9.84 Å². The van der Waals surface area contributed by atoms with Crippen molar-refractivity contribution in [1.29, 1.82) is 0 Å².